The first-order valence-electron chi connectivity index (χ1n) is 5.64. The molecule has 7 heteroatoms. The molecule has 0 aliphatic carbocycles. The predicted octanol–water partition coefficient (Wildman–Crippen LogP) is 0.994. The SMILES string of the molecule is C=CCNC(=O)NC(=O)COC(=O)c1ccc(F)cc1. The third-order valence-corrected chi connectivity index (χ3v) is 2.07. The Kier molecular flexibility index (Phi) is 5.89. The third-order valence-electron chi connectivity index (χ3n) is 2.07. The Hall–Kier alpha value is -2.70. The Labute approximate surface area is 114 Å². The molecule has 0 saturated carbocycles. The van der Waals surface area contributed by atoms with E-state index in [0.29, 0.717) is 0 Å². The fraction of sp³-hybridized carbons (Fsp3) is 0.154. The van der Waals surface area contributed by atoms with E-state index in [0.717, 1.165) is 12.1 Å². The zero-order valence-corrected chi connectivity index (χ0v) is 10.5. The molecule has 6 nitrogen and oxygen atoms in total. The van der Waals surface area contributed by atoms with E-state index in [2.05, 4.69) is 16.6 Å². The van der Waals surface area contributed by atoms with E-state index in [1.807, 2.05) is 5.32 Å². The highest BCUT2D eigenvalue weighted by Gasteiger charge is 2.12. The second-order valence-electron chi connectivity index (χ2n) is 3.63. The maximum absolute atomic E-state index is 12.6. The lowest BCUT2D eigenvalue weighted by atomic mass is 10.2. The van der Waals surface area contributed by atoms with Crippen molar-refractivity contribution >= 4 is 17.9 Å². The van der Waals surface area contributed by atoms with Gasteiger partial charge in [-0.2, -0.15) is 0 Å². The number of hydrogen-bond donors (Lipinski definition) is 2. The lowest BCUT2D eigenvalue weighted by Gasteiger charge is -2.06. The molecule has 0 aromatic heterocycles. The van der Waals surface area contributed by atoms with Crippen LogP contribution in [0.5, 0.6) is 0 Å². The molecule has 2 N–H and O–H groups in total. The highest BCUT2D eigenvalue weighted by atomic mass is 19.1. The Balaban J connectivity index is 2.37. The van der Waals surface area contributed by atoms with Crippen molar-refractivity contribution in [3.8, 4) is 0 Å². The molecule has 0 aliphatic heterocycles. The molecule has 0 heterocycles. The summed E-state index contributed by atoms with van der Waals surface area (Å²) in [6, 6.07) is 3.94. The summed E-state index contributed by atoms with van der Waals surface area (Å²) >= 11 is 0. The zero-order valence-electron chi connectivity index (χ0n) is 10.5. The number of rotatable bonds is 5. The van der Waals surface area contributed by atoms with Gasteiger partial charge in [-0.05, 0) is 24.3 Å². The van der Waals surface area contributed by atoms with Crippen LogP contribution in [0, 0.1) is 5.82 Å². The topological polar surface area (TPSA) is 84.5 Å². The Bertz CT molecular complexity index is 514. The summed E-state index contributed by atoms with van der Waals surface area (Å²) in [7, 11) is 0. The maximum atomic E-state index is 12.6. The first-order valence-corrected chi connectivity index (χ1v) is 5.64. The largest absolute Gasteiger partial charge is 0.452 e. The monoisotopic (exact) mass is 280 g/mol. The van der Waals surface area contributed by atoms with Crippen LogP contribution < -0.4 is 10.6 Å². The smallest absolute Gasteiger partial charge is 0.338 e. The summed E-state index contributed by atoms with van der Waals surface area (Å²) in [5.41, 5.74) is 0.107. The Morgan fingerprint density at radius 3 is 2.50 bits per heavy atom. The number of amides is 3. The number of esters is 1. The van der Waals surface area contributed by atoms with Gasteiger partial charge in [0.05, 0.1) is 5.56 Å². The molecule has 1 rings (SSSR count). The van der Waals surface area contributed by atoms with Gasteiger partial charge < -0.3 is 10.1 Å². The Morgan fingerprint density at radius 2 is 1.90 bits per heavy atom. The van der Waals surface area contributed by atoms with Crippen LogP contribution in [0.15, 0.2) is 36.9 Å². The van der Waals surface area contributed by atoms with Crippen molar-refractivity contribution in [2.45, 2.75) is 0 Å². The molecule has 0 atom stereocenters. The molecule has 0 aliphatic rings. The van der Waals surface area contributed by atoms with Gasteiger partial charge in [0.15, 0.2) is 6.61 Å². The van der Waals surface area contributed by atoms with Crippen LogP contribution in [0.3, 0.4) is 0 Å². The molecule has 1 aromatic rings. The van der Waals surface area contributed by atoms with Crippen LogP contribution in [0.1, 0.15) is 10.4 Å². The minimum atomic E-state index is -0.786. The van der Waals surface area contributed by atoms with Crippen LogP contribution in [-0.4, -0.2) is 31.1 Å². The Morgan fingerprint density at radius 1 is 1.25 bits per heavy atom. The minimum Gasteiger partial charge on any atom is -0.452 e. The van der Waals surface area contributed by atoms with Gasteiger partial charge in [0, 0.05) is 6.54 Å². The van der Waals surface area contributed by atoms with E-state index in [4.69, 9.17) is 0 Å². The van der Waals surface area contributed by atoms with Crippen molar-refractivity contribution in [3.05, 3.63) is 48.3 Å². The van der Waals surface area contributed by atoms with Crippen LogP contribution in [0.4, 0.5) is 9.18 Å². The number of imide groups is 1. The van der Waals surface area contributed by atoms with E-state index >= 15 is 0 Å². The average Bonchev–Trinajstić information content (AvgIpc) is 2.43. The standard InChI is InChI=1S/C13H13FN2O4/c1-2-7-15-13(19)16-11(17)8-20-12(18)9-3-5-10(14)6-4-9/h2-6H,1,7-8H2,(H2,15,16,17,19). The summed E-state index contributed by atoms with van der Waals surface area (Å²) < 4.78 is 17.3. The molecule has 0 fully saturated rings. The fourth-order valence-corrected chi connectivity index (χ4v) is 1.17. The maximum Gasteiger partial charge on any atom is 0.338 e. The normalized spacial score (nSPS) is 9.45. The van der Waals surface area contributed by atoms with Crippen molar-refractivity contribution in [2.24, 2.45) is 0 Å². The number of carbonyl (C=O) groups excluding carboxylic acids is 3. The number of nitrogens with one attached hydrogen (secondary N) is 2. The first kappa shape index (κ1) is 15.4. The minimum absolute atomic E-state index is 0.107. The molecule has 0 saturated heterocycles. The predicted molar refractivity (Wildman–Crippen MR) is 68.4 cm³/mol. The molecule has 0 unspecified atom stereocenters. The number of carbonyl (C=O) groups is 3. The van der Waals surface area contributed by atoms with Crippen LogP contribution in [-0.2, 0) is 9.53 Å². The number of urea groups is 1. The lowest BCUT2D eigenvalue weighted by Crippen LogP contribution is -2.41. The number of benzene rings is 1. The average molecular weight is 280 g/mol. The molecule has 20 heavy (non-hydrogen) atoms. The summed E-state index contributed by atoms with van der Waals surface area (Å²) in [5.74, 6) is -2.05. The number of halogens is 1. The molecule has 3 amide bonds. The molecular weight excluding hydrogens is 267 g/mol. The van der Waals surface area contributed by atoms with Crippen LogP contribution in [0.25, 0.3) is 0 Å². The quantitative estimate of drug-likeness (QED) is 0.622. The highest BCUT2D eigenvalue weighted by molar-refractivity contribution is 5.97. The number of ether oxygens (including phenoxy) is 1. The van der Waals surface area contributed by atoms with Crippen molar-refractivity contribution in [1.82, 2.24) is 10.6 Å². The van der Waals surface area contributed by atoms with Gasteiger partial charge in [-0.15, -0.1) is 6.58 Å². The van der Waals surface area contributed by atoms with Gasteiger partial charge in [-0.25, -0.2) is 14.0 Å². The molecule has 106 valence electrons. The molecule has 0 radical (unpaired) electrons. The summed E-state index contributed by atoms with van der Waals surface area (Å²) in [4.78, 5) is 33.8. The molecule has 1 aromatic carbocycles. The number of hydrogen-bond acceptors (Lipinski definition) is 4. The third kappa shape index (κ3) is 5.30. The molecule has 0 spiro atoms. The molecule has 0 bridgehead atoms. The summed E-state index contributed by atoms with van der Waals surface area (Å²) in [5, 5.41) is 4.27. The first-order chi connectivity index (χ1) is 9.52. The van der Waals surface area contributed by atoms with Crippen molar-refractivity contribution in [2.75, 3.05) is 13.2 Å². The van der Waals surface area contributed by atoms with Gasteiger partial charge >= 0.3 is 12.0 Å². The van der Waals surface area contributed by atoms with Crippen LogP contribution >= 0.6 is 0 Å². The van der Waals surface area contributed by atoms with E-state index in [1.54, 1.807) is 0 Å². The molecular formula is C13H13FN2O4. The highest BCUT2D eigenvalue weighted by Crippen LogP contribution is 2.04. The van der Waals surface area contributed by atoms with Crippen LogP contribution in [0.2, 0.25) is 0 Å². The second-order valence-corrected chi connectivity index (χ2v) is 3.63. The van der Waals surface area contributed by atoms with Crippen molar-refractivity contribution in [3.63, 3.8) is 0 Å². The lowest BCUT2D eigenvalue weighted by molar-refractivity contribution is -0.123. The fourth-order valence-electron chi connectivity index (χ4n) is 1.17. The van der Waals surface area contributed by atoms with Crippen molar-refractivity contribution in [1.29, 1.82) is 0 Å². The van der Waals surface area contributed by atoms with E-state index in [9.17, 15) is 18.8 Å². The van der Waals surface area contributed by atoms with Gasteiger partial charge in [-0.1, -0.05) is 6.08 Å². The zero-order chi connectivity index (χ0) is 15.0. The van der Waals surface area contributed by atoms with Gasteiger partial charge in [-0.3, -0.25) is 10.1 Å². The van der Waals surface area contributed by atoms with Gasteiger partial charge in [0.1, 0.15) is 5.82 Å². The van der Waals surface area contributed by atoms with E-state index < -0.39 is 30.3 Å². The summed E-state index contributed by atoms with van der Waals surface area (Å²) in [6.45, 7) is 2.98. The van der Waals surface area contributed by atoms with Gasteiger partial charge in [0.25, 0.3) is 5.91 Å². The van der Waals surface area contributed by atoms with E-state index in [-0.39, 0.29) is 12.1 Å². The van der Waals surface area contributed by atoms with E-state index in [1.165, 1.54) is 18.2 Å². The summed E-state index contributed by atoms with van der Waals surface area (Å²) in [6.07, 6.45) is 1.44. The van der Waals surface area contributed by atoms with Gasteiger partial charge in [0.2, 0.25) is 0 Å². The second kappa shape index (κ2) is 7.67. The van der Waals surface area contributed by atoms with Crippen molar-refractivity contribution < 1.29 is 23.5 Å².